The predicted octanol–water partition coefficient (Wildman–Crippen LogP) is 0.0823. The molecule has 16 heavy (non-hydrogen) atoms. The second kappa shape index (κ2) is 8.35. The minimum Gasteiger partial charge on any atom is -0.383 e. The van der Waals surface area contributed by atoms with E-state index in [9.17, 15) is 9.59 Å². The third-order valence-corrected chi connectivity index (χ3v) is 2.50. The minimum atomic E-state index is -0.265. The maximum absolute atomic E-state index is 11.6. The van der Waals surface area contributed by atoms with Gasteiger partial charge in [0.1, 0.15) is 0 Å². The van der Waals surface area contributed by atoms with Crippen molar-refractivity contribution in [2.45, 2.75) is 6.92 Å². The number of carbonyl (C=O) groups is 2. The van der Waals surface area contributed by atoms with Crippen LogP contribution in [0, 0.1) is 5.92 Å². The third-order valence-electron chi connectivity index (χ3n) is 2.04. The first-order valence-corrected chi connectivity index (χ1v) is 5.63. The summed E-state index contributed by atoms with van der Waals surface area (Å²) in [5.41, 5.74) is 0. The van der Waals surface area contributed by atoms with Gasteiger partial charge in [0.25, 0.3) is 0 Å². The fourth-order valence-corrected chi connectivity index (χ4v) is 1.22. The van der Waals surface area contributed by atoms with E-state index < -0.39 is 0 Å². The largest absolute Gasteiger partial charge is 0.383 e. The van der Waals surface area contributed by atoms with Crippen molar-refractivity contribution in [1.29, 1.82) is 0 Å². The topological polar surface area (TPSA) is 58.6 Å². The second-order valence-electron chi connectivity index (χ2n) is 3.59. The molecule has 1 unspecified atom stereocenters. The smallest absolute Gasteiger partial charge is 0.239 e. The highest BCUT2D eigenvalue weighted by Crippen LogP contribution is 2.02. The lowest BCUT2D eigenvalue weighted by Crippen LogP contribution is -2.41. The lowest BCUT2D eigenvalue weighted by Gasteiger charge is -2.19. The van der Waals surface area contributed by atoms with Crippen LogP contribution in [0.15, 0.2) is 0 Å². The summed E-state index contributed by atoms with van der Waals surface area (Å²) in [6.07, 6.45) is 0. The zero-order valence-electron chi connectivity index (χ0n) is 9.96. The molecule has 0 bridgehead atoms. The summed E-state index contributed by atoms with van der Waals surface area (Å²) in [6.45, 7) is 2.68. The predicted molar refractivity (Wildman–Crippen MR) is 62.4 cm³/mol. The Morgan fingerprint density at radius 2 is 2.12 bits per heavy atom. The highest BCUT2D eigenvalue weighted by atomic mass is 35.5. The Hall–Kier alpha value is -0.810. The molecule has 0 saturated carbocycles. The van der Waals surface area contributed by atoms with Gasteiger partial charge in [0.05, 0.1) is 13.2 Å². The average molecular weight is 251 g/mol. The van der Waals surface area contributed by atoms with Crippen LogP contribution in [-0.2, 0) is 14.3 Å². The normalized spacial score (nSPS) is 12.0. The molecule has 0 aliphatic carbocycles. The SMILES string of the molecule is COCCNC(=O)CN(C)C(=O)C(C)CCl. The minimum absolute atomic E-state index is 0.0454. The van der Waals surface area contributed by atoms with Crippen LogP contribution in [0.4, 0.5) is 0 Å². The van der Waals surface area contributed by atoms with E-state index in [1.165, 1.54) is 4.90 Å². The van der Waals surface area contributed by atoms with Crippen molar-refractivity contribution in [2.75, 3.05) is 39.7 Å². The van der Waals surface area contributed by atoms with Gasteiger partial charge in [-0.15, -0.1) is 11.6 Å². The lowest BCUT2D eigenvalue weighted by atomic mass is 10.2. The van der Waals surface area contributed by atoms with Gasteiger partial charge < -0.3 is 15.0 Å². The molecule has 0 aromatic carbocycles. The first-order valence-electron chi connectivity index (χ1n) is 5.09. The van der Waals surface area contributed by atoms with E-state index in [1.54, 1.807) is 21.1 Å². The average Bonchev–Trinajstić information content (AvgIpc) is 2.27. The van der Waals surface area contributed by atoms with Crippen molar-refractivity contribution in [3.8, 4) is 0 Å². The molecule has 0 aliphatic rings. The molecule has 0 radical (unpaired) electrons. The number of amides is 2. The van der Waals surface area contributed by atoms with Crippen molar-refractivity contribution in [3.05, 3.63) is 0 Å². The Morgan fingerprint density at radius 3 is 2.62 bits per heavy atom. The molecule has 0 saturated heterocycles. The Balaban J connectivity index is 3.89. The van der Waals surface area contributed by atoms with E-state index >= 15 is 0 Å². The van der Waals surface area contributed by atoms with Crippen LogP contribution in [0.2, 0.25) is 0 Å². The van der Waals surface area contributed by atoms with E-state index in [1.807, 2.05) is 0 Å². The molecule has 2 amide bonds. The molecule has 0 fully saturated rings. The number of halogens is 1. The van der Waals surface area contributed by atoms with Gasteiger partial charge in [-0.25, -0.2) is 0 Å². The van der Waals surface area contributed by atoms with Gasteiger partial charge in [0.15, 0.2) is 0 Å². The van der Waals surface area contributed by atoms with Crippen molar-refractivity contribution in [1.82, 2.24) is 10.2 Å². The zero-order valence-corrected chi connectivity index (χ0v) is 10.7. The zero-order chi connectivity index (χ0) is 12.6. The standard InChI is InChI=1S/C10H19ClN2O3/c1-8(6-11)10(15)13(2)7-9(14)12-4-5-16-3/h8H,4-7H2,1-3H3,(H,12,14). The van der Waals surface area contributed by atoms with Crippen LogP contribution in [0.1, 0.15) is 6.92 Å². The number of ether oxygens (including phenoxy) is 1. The molecule has 1 N–H and O–H groups in total. The van der Waals surface area contributed by atoms with Crippen LogP contribution >= 0.6 is 11.6 Å². The Kier molecular flexibility index (Phi) is 7.93. The van der Waals surface area contributed by atoms with E-state index in [0.717, 1.165) is 0 Å². The summed E-state index contributed by atoms with van der Waals surface area (Å²) in [5, 5.41) is 2.64. The molecule has 94 valence electrons. The number of alkyl halides is 1. The van der Waals surface area contributed by atoms with Crippen molar-refractivity contribution in [2.24, 2.45) is 5.92 Å². The summed E-state index contributed by atoms with van der Waals surface area (Å²) in [5.74, 6) is -0.334. The summed E-state index contributed by atoms with van der Waals surface area (Å²) in [6, 6.07) is 0. The van der Waals surface area contributed by atoms with Crippen molar-refractivity contribution >= 4 is 23.4 Å². The number of likely N-dealkylation sites (N-methyl/N-ethyl adjacent to an activating group) is 1. The third kappa shape index (κ3) is 5.92. The first kappa shape index (κ1) is 15.2. The van der Waals surface area contributed by atoms with E-state index in [0.29, 0.717) is 13.2 Å². The highest BCUT2D eigenvalue weighted by Gasteiger charge is 2.18. The van der Waals surface area contributed by atoms with Crippen molar-refractivity contribution in [3.63, 3.8) is 0 Å². The summed E-state index contributed by atoms with van der Waals surface area (Å²) in [7, 11) is 3.14. The van der Waals surface area contributed by atoms with E-state index in [4.69, 9.17) is 16.3 Å². The summed E-state index contributed by atoms with van der Waals surface area (Å²) < 4.78 is 4.79. The van der Waals surface area contributed by atoms with Crippen LogP contribution < -0.4 is 5.32 Å². The molecule has 0 aliphatic heterocycles. The Morgan fingerprint density at radius 1 is 1.50 bits per heavy atom. The molecule has 0 aromatic rings. The number of nitrogens with zero attached hydrogens (tertiary/aromatic N) is 1. The molecular formula is C10H19ClN2O3. The van der Waals surface area contributed by atoms with Gasteiger partial charge in [0.2, 0.25) is 11.8 Å². The molecule has 6 heteroatoms. The maximum atomic E-state index is 11.6. The highest BCUT2D eigenvalue weighted by molar-refractivity contribution is 6.19. The fraction of sp³-hybridized carbons (Fsp3) is 0.800. The number of hydrogen-bond acceptors (Lipinski definition) is 3. The quantitative estimate of drug-likeness (QED) is 0.514. The molecule has 0 rings (SSSR count). The summed E-state index contributed by atoms with van der Waals surface area (Å²) >= 11 is 5.57. The molecule has 0 heterocycles. The maximum Gasteiger partial charge on any atom is 0.239 e. The molecule has 5 nitrogen and oxygen atoms in total. The lowest BCUT2D eigenvalue weighted by molar-refractivity contribution is -0.137. The fourth-order valence-electron chi connectivity index (χ4n) is 1.08. The van der Waals surface area contributed by atoms with Crippen LogP contribution in [0.5, 0.6) is 0 Å². The number of carbonyl (C=O) groups excluding carboxylic acids is 2. The number of rotatable bonds is 7. The molecule has 0 aromatic heterocycles. The Bertz CT molecular complexity index is 236. The molecule has 0 spiro atoms. The molecular weight excluding hydrogens is 232 g/mol. The van der Waals surface area contributed by atoms with Gasteiger partial charge in [0, 0.05) is 32.5 Å². The Labute approximate surface area is 101 Å². The van der Waals surface area contributed by atoms with Gasteiger partial charge in [-0.05, 0) is 0 Å². The van der Waals surface area contributed by atoms with Crippen LogP contribution in [0.25, 0.3) is 0 Å². The monoisotopic (exact) mass is 250 g/mol. The van der Waals surface area contributed by atoms with Gasteiger partial charge in [-0.2, -0.15) is 0 Å². The van der Waals surface area contributed by atoms with Crippen LogP contribution in [0.3, 0.4) is 0 Å². The first-order chi connectivity index (χ1) is 7.52. The van der Waals surface area contributed by atoms with Gasteiger partial charge >= 0.3 is 0 Å². The second-order valence-corrected chi connectivity index (χ2v) is 3.90. The number of nitrogens with one attached hydrogen (secondary N) is 1. The number of methoxy groups -OCH3 is 1. The van der Waals surface area contributed by atoms with Gasteiger partial charge in [-0.1, -0.05) is 6.92 Å². The van der Waals surface area contributed by atoms with Crippen molar-refractivity contribution < 1.29 is 14.3 Å². The van der Waals surface area contributed by atoms with Crippen LogP contribution in [-0.4, -0.2) is 56.4 Å². The van der Waals surface area contributed by atoms with E-state index in [-0.39, 0.29) is 30.2 Å². The van der Waals surface area contributed by atoms with E-state index in [2.05, 4.69) is 5.32 Å². The summed E-state index contributed by atoms with van der Waals surface area (Å²) in [4.78, 5) is 24.3. The van der Waals surface area contributed by atoms with Gasteiger partial charge in [-0.3, -0.25) is 9.59 Å². The number of hydrogen-bond donors (Lipinski definition) is 1. The molecule has 1 atom stereocenters.